The largest absolute Gasteiger partial charge is 0.310 e. The van der Waals surface area contributed by atoms with Gasteiger partial charge in [-0.2, -0.15) is 0 Å². The molecule has 0 fully saturated rings. The second-order valence-corrected chi connectivity index (χ2v) is 16.9. The maximum atomic E-state index is 2.50. The van der Waals surface area contributed by atoms with Crippen molar-refractivity contribution >= 4 is 38.9 Å². The van der Waals surface area contributed by atoms with E-state index in [4.69, 9.17) is 0 Å². The average molecular weight is 767 g/mol. The standard InChI is InChI=1S/C58H42N2/c1-57(2)51-27-15-12-24-45(51)47-33-30-43(37-53(47)57)59(42-32-35-56-50(36-42)49-26-14-17-29-55(49)60(56)41-22-10-5-11-23-41)44-31-34-48-46-25-13-16-28-52(46)58(54(48)38-44,39-18-6-3-7-19-39)40-20-8-4-9-21-40/h3-38H,1-2H3. The van der Waals surface area contributed by atoms with Crippen LogP contribution < -0.4 is 4.90 Å². The number of rotatable bonds is 6. The van der Waals surface area contributed by atoms with E-state index in [1.165, 1.54) is 77.4 Å². The topological polar surface area (TPSA) is 8.17 Å². The molecule has 9 aromatic carbocycles. The molecule has 60 heavy (non-hydrogen) atoms. The van der Waals surface area contributed by atoms with Gasteiger partial charge in [0.25, 0.3) is 0 Å². The number of hydrogen-bond donors (Lipinski definition) is 0. The van der Waals surface area contributed by atoms with Crippen LogP contribution >= 0.6 is 0 Å². The molecule has 0 unspecified atom stereocenters. The van der Waals surface area contributed by atoms with E-state index in [0.29, 0.717) is 0 Å². The van der Waals surface area contributed by atoms with Crippen molar-refractivity contribution in [2.24, 2.45) is 0 Å². The van der Waals surface area contributed by atoms with E-state index in [9.17, 15) is 0 Å². The van der Waals surface area contributed by atoms with E-state index in [1.54, 1.807) is 0 Å². The molecule has 0 saturated heterocycles. The average Bonchev–Trinajstić information content (AvgIpc) is 3.88. The van der Waals surface area contributed by atoms with Gasteiger partial charge in [0.15, 0.2) is 0 Å². The summed E-state index contributed by atoms with van der Waals surface area (Å²) in [6, 6.07) is 81.1. The summed E-state index contributed by atoms with van der Waals surface area (Å²) in [4.78, 5) is 2.50. The molecule has 0 amide bonds. The van der Waals surface area contributed by atoms with Crippen LogP contribution in [0.25, 0.3) is 49.7 Å². The minimum atomic E-state index is -0.509. The Hall–Kier alpha value is -7.42. The molecule has 10 aromatic rings. The predicted molar refractivity (Wildman–Crippen MR) is 250 cm³/mol. The zero-order valence-electron chi connectivity index (χ0n) is 33.7. The number of hydrogen-bond acceptors (Lipinski definition) is 1. The van der Waals surface area contributed by atoms with Gasteiger partial charge in [0, 0.05) is 38.9 Å². The van der Waals surface area contributed by atoms with Crippen LogP contribution in [0.1, 0.15) is 47.2 Å². The first-order valence-corrected chi connectivity index (χ1v) is 21.0. The quantitative estimate of drug-likeness (QED) is 0.164. The Morgan fingerprint density at radius 3 is 1.50 bits per heavy atom. The fourth-order valence-corrected chi connectivity index (χ4v) is 10.8. The van der Waals surface area contributed by atoms with Crippen LogP contribution in [-0.4, -0.2) is 4.57 Å². The first-order chi connectivity index (χ1) is 29.5. The molecule has 0 N–H and O–H groups in total. The van der Waals surface area contributed by atoms with Crippen LogP contribution in [-0.2, 0) is 10.8 Å². The summed E-state index contributed by atoms with van der Waals surface area (Å²) in [5.41, 5.74) is 19.3. The highest BCUT2D eigenvalue weighted by atomic mass is 15.1. The zero-order chi connectivity index (χ0) is 40.0. The van der Waals surface area contributed by atoms with Crippen LogP contribution in [0, 0.1) is 0 Å². The smallest absolute Gasteiger partial charge is 0.0714 e. The highest BCUT2D eigenvalue weighted by Gasteiger charge is 2.46. The molecule has 1 heterocycles. The van der Waals surface area contributed by atoms with Gasteiger partial charge in [0.2, 0.25) is 0 Å². The molecular formula is C58H42N2. The van der Waals surface area contributed by atoms with Crippen molar-refractivity contribution in [2.75, 3.05) is 4.90 Å². The summed E-state index contributed by atoms with van der Waals surface area (Å²) in [6.45, 7) is 4.74. The number of nitrogens with zero attached hydrogens (tertiary/aromatic N) is 2. The molecule has 284 valence electrons. The van der Waals surface area contributed by atoms with E-state index in [2.05, 4.69) is 242 Å². The summed E-state index contributed by atoms with van der Waals surface area (Å²) in [5, 5.41) is 2.46. The first-order valence-electron chi connectivity index (χ1n) is 21.0. The number of benzene rings is 9. The van der Waals surface area contributed by atoms with Gasteiger partial charge >= 0.3 is 0 Å². The summed E-state index contributed by atoms with van der Waals surface area (Å²) < 4.78 is 2.40. The molecule has 0 saturated carbocycles. The van der Waals surface area contributed by atoms with Crippen molar-refractivity contribution in [2.45, 2.75) is 24.7 Å². The maximum absolute atomic E-state index is 2.50. The van der Waals surface area contributed by atoms with Crippen LogP contribution in [0.4, 0.5) is 17.1 Å². The van der Waals surface area contributed by atoms with Crippen molar-refractivity contribution in [1.29, 1.82) is 0 Å². The van der Waals surface area contributed by atoms with E-state index in [1.807, 2.05) is 0 Å². The Bertz CT molecular complexity index is 3240. The number of aromatic nitrogens is 1. The SMILES string of the molecule is CC1(C)c2ccccc2-c2ccc(N(c3ccc4c(c3)C(c3ccccc3)(c3ccccc3)c3ccccc3-4)c3ccc4c(c3)c3ccccc3n4-c3ccccc3)cc21. The molecule has 2 aliphatic rings. The molecule has 1 aromatic heterocycles. The summed E-state index contributed by atoms with van der Waals surface area (Å²) >= 11 is 0. The van der Waals surface area contributed by atoms with Gasteiger partial charge in [-0.1, -0.05) is 172 Å². The molecule has 2 heteroatoms. The van der Waals surface area contributed by atoms with Crippen molar-refractivity contribution in [3.05, 3.63) is 252 Å². The Labute approximate surface area is 351 Å². The van der Waals surface area contributed by atoms with Gasteiger partial charge in [0.05, 0.1) is 16.4 Å². The molecule has 12 rings (SSSR count). The third kappa shape index (κ3) is 4.82. The highest BCUT2D eigenvalue weighted by Crippen LogP contribution is 2.58. The second-order valence-electron chi connectivity index (χ2n) is 16.9. The molecular weight excluding hydrogens is 725 g/mol. The molecule has 0 aliphatic heterocycles. The van der Waals surface area contributed by atoms with Gasteiger partial charge in [-0.3, -0.25) is 0 Å². The van der Waals surface area contributed by atoms with E-state index in [0.717, 1.165) is 22.7 Å². The lowest BCUT2D eigenvalue weighted by atomic mass is 9.67. The predicted octanol–water partition coefficient (Wildman–Crippen LogP) is 14.9. The number of fused-ring (bicyclic) bond motifs is 9. The monoisotopic (exact) mass is 766 g/mol. The van der Waals surface area contributed by atoms with E-state index < -0.39 is 5.41 Å². The van der Waals surface area contributed by atoms with Crippen molar-refractivity contribution in [1.82, 2.24) is 4.57 Å². The van der Waals surface area contributed by atoms with Gasteiger partial charge in [-0.25, -0.2) is 0 Å². The summed E-state index contributed by atoms with van der Waals surface area (Å²) in [6.07, 6.45) is 0. The fraction of sp³-hybridized carbons (Fsp3) is 0.0690. The number of para-hydroxylation sites is 2. The minimum Gasteiger partial charge on any atom is -0.310 e. The summed E-state index contributed by atoms with van der Waals surface area (Å²) in [5.74, 6) is 0. The fourth-order valence-electron chi connectivity index (χ4n) is 10.8. The van der Waals surface area contributed by atoms with E-state index in [-0.39, 0.29) is 5.41 Å². The zero-order valence-corrected chi connectivity index (χ0v) is 33.7. The van der Waals surface area contributed by atoms with Crippen LogP contribution in [0.3, 0.4) is 0 Å². The Morgan fingerprint density at radius 2 is 0.817 bits per heavy atom. The molecule has 2 nitrogen and oxygen atoms in total. The molecule has 0 spiro atoms. The third-order valence-corrected chi connectivity index (χ3v) is 13.5. The van der Waals surface area contributed by atoms with Crippen molar-refractivity contribution in [3.63, 3.8) is 0 Å². The number of anilines is 3. The van der Waals surface area contributed by atoms with Crippen molar-refractivity contribution in [3.8, 4) is 27.9 Å². The molecule has 0 radical (unpaired) electrons. The van der Waals surface area contributed by atoms with Crippen LogP contribution in [0.5, 0.6) is 0 Å². The highest BCUT2D eigenvalue weighted by molar-refractivity contribution is 6.11. The van der Waals surface area contributed by atoms with Crippen LogP contribution in [0.2, 0.25) is 0 Å². The summed E-state index contributed by atoms with van der Waals surface area (Å²) in [7, 11) is 0. The Morgan fingerprint density at radius 1 is 0.350 bits per heavy atom. The van der Waals surface area contributed by atoms with Gasteiger partial charge in [-0.15, -0.1) is 0 Å². The van der Waals surface area contributed by atoms with Crippen LogP contribution in [0.15, 0.2) is 218 Å². The van der Waals surface area contributed by atoms with Crippen molar-refractivity contribution < 1.29 is 0 Å². The maximum Gasteiger partial charge on any atom is 0.0714 e. The third-order valence-electron chi connectivity index (χ3n) is 13.5. The Kier molecular flexibility index (Phi) is 7.52. The lowest BCUT2D eigenvalue weighted by molar-refractivity contribution is 0.660. The van der Waals surface area contributed by atoms with Gasteiger partial charge < -0.3 is 9.47 Å². The lowest BCUT2D eigenvalue weighted by Crippen LogP contribution is -2.28. The molecule has 0 atom stereocenters. The second kappa shape index (κ2) is 13.0. The normalized spacial score (nSPS) is 14.1. The molecule has 2 aliphatic carbocycles. The minimum absolute atomic E-state index is 0.143. The first kappa shape index (κ1) is 34.6. The van der Waals surface area contributed by atoms with E-state index >= 15 is 0 Å². The van der Waals surface area contributed by atoms with Gasteiger partial charge in [0.1, 0.15) is 0 Å². The Balaban J connectivity index is 1.14. The lowest BCUT2D eigenvalue weighted by Gasteiger charge is -2.35. The van der Waals surface area contributed by atoms with Gasteiger partial charge in [-0.05, 0) is 116 Å². The molecule has 0 bridgehead atoms.